The molecule has 1 aliphatic carbocycles. The number of benzene rings is 2. The maximum absolute atomic E-state index is 14.2. The molecule has 4 rings (SSSR count). The maximum Gasteiger partial charge on any atom is 0.236 e. The molecule has 0 aromatic heterocycles. The van der Waals surface area contributed by atoms with Gasteiger partial charge >= 0.3 is 0 Å². The predicted octanol–water partition coefficient (Wildman–Crippen LogP) is 4.13. The minimum Gasteiger partial charge on any atom is -0.337 e. The van der Waals surface area contributed by atoms with Crippen molar-refractivity contribution in [1.29, 1.82) is 0 Å². The number of piperidine rings is 1. The van der Waals surface area contributed by atoms with E-state index in [1.807, 2.05) is 37.3 Å². The molecule has 2 aromatic carbocycles. The zero-order valence-electron chi connectivity index (χ0n) is 16.1. The van der Waals surface area contributed by atoms with Crippen LogP contribution >= 0.6 is 0 Å². The van der Waals surface area contributed by atoms with Gasteiger partial charge in [-0.2, -0.15) is 0 Å². The minimum absolute atomic E-state index is 0.0127. The molecule has 1 heterocycles. The summed E-state index contributed by atoms with van der Waals surface area (Å²) < 4.78 is 14.2. The van der Waals surface area contributed by atoms with Crippen LogP contribution in [0.15, 0.2) is 66.4 Å². The summed E-state index contributed by atoms with van der Waals surface area (Å²) in [6.07, 6.45) is 2.18. The second kappa shape index (κ2) is 7.29. The van der Waals surface area contributed by atoms with Crippen molar-refractivity contribution in [2.75, 3.05) is 6.54 Å². The zero-order chi connectivity index (χ0) is 20.6. The molecule has 0 bridgehead atoms. The summed E-state index contributed by atoms with van der Waals surface area (Å²) in [5, 5.41) is 0. The van der Waals surface area contributed by atoms with E-state index < -0.39 is 11.3 Å². The lowest BCUT2D eigenvalue weighted by atomic mass is 9.58. The Labute approximate surface area is 169 Å². The van der Waals surface area contributed by atoms with Crippen LogP contribution in [-0.2, 0) is 21.5 Å². The van der Waals surface area contributed by atoms with Crippen molar-refractivity contribution >= 4 is 11.7 Å². The van der Waals surface area contributed by atoms with Crippen LogP contribution in [-0.4, -0.2) is 23.1 Å². The Morgan fingerprint density at radius 1 is 1.14 bits per heavy atom. The number of halogens is 1. The van der Waals surface area contributed by atoms with Crippen LogP contribution in [0.5, 0.6) is 0 Å². The lowest BCUT2D eigenvalue weighted by molar-refractivity contribution is -0.145. The Hall–Kier alpha value is -3.26. The van der Waals surface area contributed by atoms with Gasteiger partial charge in [-0.1, -0.05) is 61.5 Å². The van der Waals surface area contributed by atoms with Crippen LogP contribution in [0.3, 0.4) is 0 Å². The van der Waals surface area contributed by atoms with Crippen LogP contribution in [0.1, 0.15) is 24.5 Å². The van der Waals surface area contributed by atoms with Crippen LogP contribution in [0.2, 0.25) is 0 Å². The molecule has 0 radical (unpaired) electrons. The Bertz CT molecular complexity index is 1040. The molecule has 4 nitrogen and oxygen atoms in total. The third-order valence-electron chi connectivity index (χ3n) is 6.26. The summed E-state index contributed by atoms with van der Waals surface area (Å²) in [4.78, 5) is 31.6. The summed E-state index contributed by atoms with van der Waals surface area (Å²) in [7, 11) is 0. The number of carbonyl (C=O) groups is 2. The van der Waals surface area contributed by atoms with E-state index in [2.05, 4.69) is 4.85 Å². The van der Waals surface area contributed by atoms with Crippen LogP contribution < -0.4 is 0 Å². The molecule has 5 heteroatoms. The summed E-state index contributed by atoms with van der Waals surface area (Å²) in [5.41, 5.74) is 0.155. The quantitative estimate of drug-likeness (QED) is 0.742. The minimum atomic E-state index is -1.09. The molecular formula is C24H21FN2O2. The number of amides is 1. The van der Waals surface area contributed by atoms with Gasteiger partial charge in [0.2, 0.25) is 11.6 Å². The van der Waals surface area contributed by atoms with Crippen molar-refractivity contribution in [2.24, 2.45) is 11.8 Å². The first-order chi connectivity index (χ1) is 14.0. The molecule has 1 amide bonds. The highest BCUT2D eigenvalue weighted by molar-refractivity contribution is 6.04. The SMILES string of the molecule is [C-]#[N+]C1=C[C@@]2(c3ccccc3)C(=O)N(Cc3ccccc3F)CC[C@@H]2[C@@H](C)C1=O. The molecule has 146 valence electrons. The van der Waals surface area contributed by atoms with Gasteiger partial charge in [0.15, 0.2) is 5.78 Å². The largest absolute Gasteiger partial charge is 0.337 e. The number of carbonyl (C=O) groups excluding carboxylic acids is 2. The maximum atomic E-state index is 14.2. The van der Waals surface area contributed by atoms with Gasteiger partial charge in [0.1, 0.15) is 5.82 Å². The molecule has 0 saturated carbocycles. The third-order valence-corrected chi connectivity index (χ3v) is 6.26. The fourth-order valence-electron chi connectivity index (χ4n) is 4.77. The molecule has 0 N–H and O–H groups in total. The summed E-state index contributed by atoms with van der Waals surface area (Å²) >= 11 is 0. The molecule has 0 unspecified atom stereocenters. The molecule has 1 fully saturated rings. The lowest BCUT2D eigenvalue weighted by Gasteiger charge is -2.50. The lowest BCUT2D eigenvalue weighted by Crippen LogP contribution is -2.59. The van der Waals surface area contributed by atoms with Crippen LogP contribution in [0.4, 0.5) is 4.39 Å². The highest BCUT2D eigenvalue weighted by Crippen LogP contribution is 2.49. The zero-order valence-corrected chi connectivity index (χ0v) is 16.1. The number of fused-ring (bicyclic) bond motifs is 1. The van der Waals surface area contributed by atoms with Crippen molar-refractivity contribution in [2.45, 2.75) is 25.3 Å². The molecule has 1 aliphatic heterocycles. The fourth-order valence-corrected chi connectivity index (χ4v) is 4.77. The van der Waals surface area contributed by atoms with Gasteiger partial charge in [-0.15, -0.1) is 0 Å². The van der Waals surface area contributed by atoms with Gasteiger partial charge in [0.05, 0.1) is 12.0 Å². The molecule has 2 aliphatic rings. The fraction of sp³-hybridized carbons (Fsp3) is 0.292. The van der Waals surface area contributed by atoms with E-state index in [1.54, 1.807) is 29.2 Å². The first-order valence-electron chi connectivity index (χ1n) is 9.72. The number of hydrogen-bond acceptors (Lipinski definition) is 2. The molecule has 29 heavy (non-hydrogen) atoms. The number of rotatable bonds is 3. The van der Waals surface area contributed by atoms with Crippen LogP contribution in [0, 0.1) is 24.2 Å². The predicted molar refractivity (Wildman–Crippen MR) is 107 cm³/mol. The van der Waals surface area contributed by atoms with E-state index in [9.17, 15) is 14.0 Å². The van der Waals surface area contributed by atoms with Gasteiger partial charge in [-0.05, 0) is 24.0 Å². The van der Waals surface area contributed by atoms with E-state index in [1.165, 1.54) is 6.07 Å². The topological polar surface area (TPSA) is 41.7 Å². The highest BCUT2D eigenvalue weighted by Gasteiger charge is 2.56. The number of allylic oxidation sites excluding steroid dienone is 1. The molecule has 1 saturated heterocycles. The third kappa shape index (κ3) is 2.96. The van der Waals surface area contributed by atoms with Crippen molar-refractivity contribution in [3.05, 3.63) is 94.7 Å². The molecule has 0 spiro atoms. The Morgan fingerprint density at radius 3 is 2.52 bits per heavy atom. The van der Waals surface area contributed by atoms with E-state index in [4.69, 9.17) is 6.57 Å². The molecule has 2 aromatic rings. The van der Waals surface area contributed by atoms with Gasteiger partial charge in [-0.3, -0.25) is 4.79 Å². The van der Waals surface area contributed by atoms with Crippen molar-refractivity contribution in [3.8, 4) is 0 Å². The van der Waals surface area contributed by atoms with Crippen molar-refractivity contribution < 1.29 is 14.0 Å². The average molecular weight is 388 g/mol. The Balaban J connectivity index is 1.84. The molecule has 3 atom stereocenters. The van der Waals surface area contributed by atoms with E-state index in [0.717, 1.165) is 5.56 Å². The van der Waals surface area contributed by atoms with Gasteiger partial charge in [0, 0.05) is 24.6 Å². The Kier molecular flexibility index (Phi) is 4.79. The smallest absolute Gasteiger partial charge is 0.236 e. The first-order valence-corrected chi connectivity index (χ1v) is 9.72. The Morgan fingerprint density at radius 2 is 1.83 bits per heavy atom. The summed E-state index contributed by atoms with van der Waals surface area (Å²) in [6.45, 7) is 9.88. The molecular weight excluding hydrogens is 367 g/mol. The van der Waals surface area contributed by atoms with Gasteiger partial charge in [0.25, 0.3) is 0 Å². The summed E-state index contributed by atoms with van der Waals surface area (Å²) in [5.74, 6) is -1.38. The second-order valence-corrected chi connectivity index (χ2v) is 7.74. The number of Topliss-reactive ketones (excluding diaryl/α,β-unsaturated/α-hetero) is 1. The monoisotopic (exact) mass is 388 g/mol. The van der Waals surface area contributed by atoms with E-state index >= 15 is 0 Å². The van der Waals surface area contributed by atoms with Gasteiger partial charge in [-0.25, -0.2) is 9.24 Å². The second-order valence-electron chi connectivity index (χ2n) is 7.74. The van der Waals surface area contributed by atoms with Crippen molar-refractivity contribution in [3.63, 3.8) is 0 Å². The van der Waals surface area contributed by atoms with Crippen LogP contribution in [0.25, 0.3) is 4.85 Å². The highest BCUT2D eigenvalue weighted by atomic mass is 19.1. The van der Waals surface area contributed by atoms with E-state index in [0.29, 0.717) is 18.5 Å². The number of hydrogen-bond donors (Lipinski definition) is 0. The first kappa shape index (κ1) is 19.1. The number of nitrogens with zero attached hydrogens (tertiary/aromatic N) is 2. The normalized spacial score (nSPS) is 26.5. The van der Waals surface area contributed by atoms with Crippen molar-refractivity contribution in [1.82, 2.24) is 4.90 Å². The van der Waals surface area contributed by atoms with E-state index in [-0.39, 0.29) is 35.7 Å². The summed E-state index contributed by atoms with van der Waals surface area (Å²) in [6, 6.07) is 15.8. The number of ketones is 1. The van der Waals surface area contributed by atoms with Gasteiger partial charge < -0.3 is 9.69 Å². The average Bonchev–Trinajstić information content (AvgIpc) is 2.75. The standard InChI is InChI=1S/C24H21FN2O2/c1-16-19-12-13-27(15-17-8-6-7-11-20(17)25)23(29)24(19,14-21(26-2)22(16)28)18-9-4-3-5-10-18/h3-11,14,16,19H,12-13,15H2,1H3/t16-,19-,24+/m1/s1. The number of likely N-dealkylation sites (tertiary alicyclic amines) is 1.